The molecule has 0 aliphatic carbocycles. The molecule has 2 aromatic carbocycles. The van der Waals surface area contributed by atoms with E-state index in [1.165, 1.54) is 0 Å². The molecule has 3 rings (SSSR count). The van der Waals surface area contributed by atoms with Crippen LogP contribution in [0.5, 0.6) is 5.75 Å². The number of hydrogen-bond donors (Lipinski definition) is 2. The van der Waals surface area contributed by atoms with Crippen LogP contribution in [0.3, 0.4) is 0 Å². The maximum absolute atomic E-state index is 12.7. The lowest BCUT2D eigenvalue weighted by Crippen LogP contribution is -2.13. The van der Waals surface area contributed by atoms with Crippen LogP contribution in [-0.4, -0.2) is 32.1 Å². The van der Waals surface area contributed by atoms with Gasteiger partial charge in [-0.15, -0.1) is 0 Å². The quantitative estimate of drug-likeness (QED) is 0.768. The average molecular weight is 323 g/mol. The van der Waals surface area contributed by atoms with E-state index in [0.717, 1.165) is 33.7 Å². The number of aryl methyl sites for hydroxylation is 1. The van der Waals surface area contributed by atoms with Crippen LogP contribution >= 0.6 is 0 Å². The standard InChI is InChI=1S/C19H21N3O2/c1-12-18(16-11-15(24-4)9-10-17(16)20-12)19(23)21-13-5-7-14(8-6-13)22(2)3/h5-11,20H,1-4H3,(H,21,23). The zero-order valence-corrected chi connectivity index (χ0v) is 14.3. The number of nitrogens with one attached hydrogen (secondary N) is 2. The summed E-state index contributed by atoms with van der Waals surface area (Å²) in [5.74, 6) is 0.593. The van der Waals surface area contributed by atoms with Gasteiger partial charge in [-0.05, 0) is 49.4 Å². The lowest BCUT2D eigenvalue weighted by atomic mass is 10.1. The highest BCUT2D eigenvalue weighted by Crippen LogP contribution is 2.27. The molecule has 0 fully saturated rings. The van der Waals surface area contributed by atoms with Gasteiger partial charge in [0.05, 0.1) is 12.7 Å². The van der Waals surface area contributed by atoms with Gasteiger partial charge in [-0.2, -0.15) is 0 Å². The summed E-state index contributed by atoms with van der Waals surface area (Å²) in [7, 11) is 5.58. The molecule has 1 amide bonds. The van der Waals surface area contributed by atoms with Crippen molar-refractivity contribution in [3.8, 4) is 5.75 Å². The van der Waals surface area contributed by atoms with Crippen molar-refractivity contribution in [1.29, 1.82) is 0 Å². The maximum atomic E-state index is 12.7. The number of H-pyrrole nitrogens is 1. The molecule has 0 saturated carbocycles. The molecule has 24 heavy (non-hydrogen) atoms. The SMILES string of the molecule is COc1ccc2[nH]c(C)c(C(=O)Nc3ccc(N(C)C)cc3)c2c1. The molecule has 0 radical (unpaired) electrons. The molecule has 5 heteroatoms. The zero-order valence-electron chi connectivity index (χ0n) is 14.3. The van der Waals surface area contributed by atoms with Crippen molar-refractivity contribution in [1.82, 2.24) is 4.98 Å². The third-order valence-corrected chi connectivity index (χ3v) is 4.06. The lowest BCUT2D eigenvalue weighted by Gasteiger charge is -2.13. The Kier molecular flexibility index (Phi) is 4.16. The molecule has 0 bridgehead atoms. The summed E-state index contributed by atoms with van der Waals surface area (Å²) in [6.07, 6.45) is 0. The minimum atomic E-state index is -0.135. The van der Waals surface area contributed by atoms with Gasteiger partial charge in [-0.1, -0.05) is 0 Å². The molecule has 124 valence electrons. The first-order valence-corrected chi connectivity index (χ1v) is 7.74. The van der Waals surface area contributed by atoms with Crippen LogP contribution in [-0.2, 0) is 0 Å². The summed E-state index contributed by atoms with van der Waals surface area (Å²) >= 11 is 0. The molecule has 0 aliphatic rings. The predicted molar refractivity (Wildman–Crippen MR) is 98.3 cm³/mol. The summed E-state index contributed by atoms with van der Waals surface area (Å²) < 4.78 is 5.27. The Morgan fingerprint density at radius 2 is 1.83 bits per heavy atom. The number of rotatable bonds is 4. The first-order chi connectivity index (χ1) is 11.5. The second kappa shape index (κ2) is 6.28. The molecule has 0 atom stereocenters. The van der Waals surface area contributed by atoms with Gasteiger partial charge in [0.25, 0.3) is 5.91 Å². The van der Waals surface area contributed by atoms with Crippen LogP contribution in [0.1, 0.15) is 16.1 Å². The fourth-order valence-corrected chi connectivity index (χ4v) is 2.76. The molecular weight excluding hydrogens is 302 g/mol. The van der Waals surface area contributed by atoms with Crippen LogP contribution in [0.15, 0.2) is 42.5 Å². The van der Waals surface area contributed by atoms with Crippen LogP contribution in [0.25, 0.3) is 10.9 Å². The number of methoxy groups -OCH3 is 1. The van der Waals surface area contributed by atoms with Crippen molar-refractivity contribution >= 4 is 28.2 Å². The highest BCUT2D eigenvalue weighted by atomic mass is 16.5. The van der Waals surface area contributed by atoms with Crippen molar-refractivity contribution in [2.24, 2.45) is 0 Å². The van der Waals surface area contributed by atoms with Gasteiger partial charge in [0.2, 0.25) is 0 Å². The van der Waals surface area contributed by atoms with Crippen LogP contribution < -0.4 is 15.0 Å². The van der Waals surface area contributed by atoms with E-state index in [1.807, 2.05) is 68.4 Å². The third-order valence-electron chi connectivity index (χ3n) is 4.06. The first kappa shape index (κ1) is 15.9. The number of hydrogen-bond acceptors (Lipinski definition) is 3. The summed E-state index contributed by atoms with van der Waals surface area (Å²) in [4.78, 5) is 18.0. The number of nitrogens with zero attached hydrogens (tertiary/aromatic N) is 1. The Balaban J connectivity index is 1.92. The van der Waals surface area contributed by atoms with Crippen LogP contribution in [0.2, 0.25) is 0 Å². The highest BCUT2D eigenvalue weighted by Gasteiger charge is 2.17. The second-order valence-corrected chi connectivity index (χ2v) is 5.93. The van der Waals surface area contributed by atoms with Crippen molar-refractivity contribution in [3.05, 3.63) is 53.7 Å². The normalized spacial score (nSPS) is 10.7. The van der Waals surface area contributed by atoms with Gasteiger partial charge in [0.15, 0.2) is 0 Å². The van der Waals surface area contributed by atoms with Gasteiger partial charge in [-0.25, -0.2) is 0 Å². The topological polar surface area (TPSA) is 57.4 Å². The highest BCUT2D eigenvalue weighted by molar-refractivity contribution is 6.14. The fourth-order valence-electron chi connectivity index (χ4n) is 2.76. The van der Waals surface area contributed by atoms with Crippen LogP contribution in [0, 0.1) is 6.92 Å². The molecule has 0 aliphatic heterocycles. The third kappa shape index (κ3) is 2.93. The number of aromatic nitrogens is 1. The van der Waals surface area contributed by atoms with E-state index in [0.29, 0.717) is 5.56 Å². The molecule has 1 heterocycles. The number of carbonyl (C=O) groups is 1. The number of ether oxygens (including phenoxy) is 1. The van der Waals surface area contributed by atoms with E-state index < -0.39 is 0 Å². The second-order valence-electron chi connectivity index (χ2n) is 5.93. The Hall–Kier alpha value is -2.95. The van der Waals surface area contributed by atoms with E-state index >= 15 is 0 Å². The predicted octanol–water partition coefficient (Wildman–Crippen LogP) is 3.80. The smallest absolute Gasteiger partial charge is 0.258 e. The summed E-state index contributed by atoms with van der Waals surface area (Å²) in [6, 6.07) is 13.4. The largest absolute Gasteiger partial charge is 0.497 e. The van der Waals surface area contributed by atoms with E-state index in [1.54, 1.807) is 7.11 Å². The molecule has 0 spiro atoms. The average Bonchev–Trinajstić information content (AvgIpc) is 2.90. The minimum Gasteiger partial charge on any atom is -0.497 e. The van der Waals surface area contributed by atoms with Gasteiger partial charge in [0.1, 0.15) is 5.75 Å². The fraction of sp³-hybridized carbons (Fsp3) is 0.211. The van der Waals surface area contributed by atoms with Gasteiger partial charge < -0.3 is 19.9 Å². The van der Waals surface area contributed by atoms with Gasteiger partial charge in [0, 0.05) is 42.1 Å². The number of amides is 1. The Bertz CT molecular complexity index is 880. The van der Waals surface area contributed by atoms with Crippen molar-refractivity contribution in [2.75, 3.05) is 31.4 Å². The molecule has 0 unspecified atom stereocenters. The number of benzene rings is 2. The van der Waals surface area contributed by atoms with E-state index in [9.17, 15) is 4.79 Å². The van der Waals surface area contributed by atoms with E-state index in [2.05, 4.69) is 10.3 Å². The summed E-state index contributed by atoms with van der Waals surface area (Å²) in [5, 5.41) is 3.82. The number of carbonyl (C=O) groups excluding carboxylic acids is 1. The van der Waals surface area contributed by atoms with Crippen molar-refractivity contribution < 1.29 is 9.53 Å². The minimum absolute atomic E-state index is 0.135. The van der Waals surface area contributed by atoms with Crippen LogP contribution in [0.4, 0.5) is 11.4 Å². The van der Waals surface area contributed by atoms with Crippen molar-refractivity contribution in [3.63, 3.8) is 0 Å². The first-order valence-electron chi connectivity index (χ1n) is 7.74. The molecular formula is C19H21N3O2. The number of anilines is 2. The monoisotopic (exact) mass is 323 g/mol. The lowest BCUT2D eigenvalue weighted by molar-refractivity contribution is 0.102. The number of aromatic amines is 1. The number of fused-ring (bicyclic) bond motifs is 1. The van der Waals surface area contributed by atoms with Gasteiger partial charge >= 0.3 is 0 Å². The Morgan fingerprint density at radius 3 is 2.46 bits per heavy atom. The molecule has 3 aromatic rings. The zero-order chi connectivity index (χ0) is 17.3. The maximum Gasteiger partial charge on any atom is 0.258 e. The Morgan fingerprint density at radius 1 is 1.12 bits per heavy atom. The Labute approximate surface area is 141 Å². The molecule has 2 N–H and O–H groups in total. The molecule has 1 aromatic heterocycles. The summed E-state index contributed by atoms with van der Waals surface area (Å²) in [6.45, 7) is 1.90. The summed E-state index contributed by atoms with van der Waals surface area (Å²) in [5.41, 5.74) is 4.24. The van der Waals surface area contributed by atoms with E-state index in [4.69, 9.17) is 4.74 Å². The molecule has 5 nitrogen and oxygen atoms in total. The van der Waals surface area contributed by atoms with Gasteiger partial charge in [-0.3, -0.25) is 4.79 Å². The van der Waals surface area contributed by atoms with Crippen molar-refractivity contribution in [2.45, 2.75) is 6.92 Å². The molecule has 0 saturated heterocycles. The van der Waals surface area contributed by atoms with E-state index in [-0.39, 0.29) is 5.91 Å².